The first-order valence-electron chi connectivity index (χ1n) is 6.82. The molecule has 0 saturated heterocycles. The molecule has 0 aliphatic heterocycles. The molecular weight excluding hydrogens is 304 g/mol. The number of sulfone groups is 1. The van der Waals surface area contributed by atoms with E-state index in [0.717, 1.165) is 6.54 Å². The van der Waals surface area contributed by atoms with Gasteiger partial charge in [-0.25, -0.2) is 8.42 Å². The maximum Gasteiger partial charge on any atom is 0.179 e. The van der Waals surface area contributed by atoms with E-state index in [2.05, 4.69) is 20.8 Å². The number of hydrogen-bond donors (Lipinski definition) is 1. The van der Waals surface area contributed by atoms with Gasteiger partial charge in [0, 0.05) is 18.7 Å². The van der Waals surface area contributed by atoms with Gasteiger partial charge in [-0.3, -0.25) is 0 Å². The molecule has 0 spiro atoms. The molecule has 0 aromatic heterocycles. The molecule has 0 aliphatic rings. The lowest BCUT2D eigenvalue weighted by Crippen LogP contribution is -2.33. The molecule has 0 radical (unpaired) electrons. The van der Waals surface area contributed by atoms with E-state index < -0.39 is 9.84 Å². The second-order valence-corrected chi connectivity index (χ2v) is 9.05. The second-order valence-electron chi connectivity index (χ2n) is 6.51. The average molecular weight is 329 g/mol. The summed E-state index contributed by atoms with van der Waals surface area (Å²) in [6.07, 6.45) is 0. The summed E-state index contributed by atoms with van der Waals surface area (Å²) in [4.78, 5) is 2.62. The van der Waals surface area contributed by atoms with E-state index in [1.165, 1.54) is 0 Å². The molecule has 0 heterocycles. The number of benzene rings is 1. The molecule has 21 heavy (non-hydrogen) atoms. The van der Waals surface area contributed by atoms with Crippen molar-refractivity contribution in [2.75, 3.05) is 25.9 Å². The lowest BCUT2D eigenvalue weighted by atomic mass is 9.96. The molecule has 1 rings (SSSR count). The van der Waals surface area contributed by atoms with Crippen molar-refractivity contribution in [3.63, 3.8) is 0 Å². The van der Waals surface area contributed by atoms with Gasteiger partial charge in [-0.1, -0.05) is 45.1 Å². The van der Waals surface area contributed by atoms with Crippen LogP contribution < -0.4 is 5.73 Å². The van der Waals surface area contributed by atoms with Gasteiger partial charge in [0.15, 0.2) is 9.84 Å². The summed E-state index contributed by atoms with van der Waals surface area (Å²) in [5.41, 5.74) is 6.33. The van der Waals surface area contributed by atoms with Gasteiger partial charge in [-0.2, -0.15) is 0 Å². The largest absolute Gasteiger partial charge is 0.389 e. The zero-order valence-corrected chi connectivity index (χ0v) is 14.7. The lowest BCUT2D eigenvalue weighted by Gasteiger charge is -2.26. The van der Waals surface area contributed by atoms with E-state index in [9.17, 15) is 8.42 Å². The molecule has 1 aromatic rings. The van der Waals surface area contributed by atoms with Crippen LogP contribution in [0, 0.1) is 5.41 Å². The van der Waals surface area contributed by atoms with Crippen molar-refractivity contribution >= 4 is 27.0 Å². The summed E-state index contributed by atoms with van der Waals surface area (Å²) >= 11 is 4.86. The summed E-state index contributed by atoms with van der Waals surface area (Å²) in [5.74, 6) is 0.103. The fourth-order valence-electron chi connectivity index (χ4n) is 2.11. The van der Waals surface area contributed by atoms with Crippen LogP contribution in [0.5, 0.6) is 0 Å². The predicted octanol–water partition coefficient (Wildman–Crippen LogP) is 2.07. The van der Waals surface area contributed by atoms with Crippen molar-refractivity contribution in [2.45, 2.75) is 25.7 Å². The number of rotatable bonds is 6. The highest BCUT2D eigenvalue weighted by Crippen LogP contribution is 2.16. The third kappa shape index (κ3) is 6.11. The molecule has 0 saturated carbocycles. The Balaban J connectivity index is 2.71. The van der Waals surface area contributed by atoms with Crippen LogP contribution in [0.15, 0.2) is 29.2 Å². The van der Waals surface area contributed by atoms with Crippen LogP contribution in [-0.4, -0.2) is 44.2 Å². The molecule has 0 amide bonds. The number of nitrogens with zero attached hydrogens (tertiary/aromatic N) is 1. The molecule has 118 valence electrons. The van der Waals surface area contributed by atoms with Gasteiger partial charge >= 0.3 is 0 Å². The van der Waals surface area contributed by atoms with Gasteiger partial charge in [0.25, 0.3) is 0 Å². The molecule has 0 aliphatic carbocycles. The Kier molecular flexibility index (Phi) is 5.90. The molecule has 0 bridgehead atoms. The van der Waals surface area contributed by atoms with Crippen LogP contribution in [0.2, 0.25) is 0 Å². The molecule has 0 atom stereocenters. The van der Waals surface area contributed by atoms with Crippen LogP contribution in [0.25, 0.3) is 0 Å². The van der Waals surface area contributed by atoms with E-state index in [0.29, 0.717) is 17.0 Å². The summed E-state index contributed by atoms with van der Waals surface area (Å²) in [6, 6.07) is 6.42. The lowest BCUT2D eigenvalue weighted by molar-refractivity contribution is 0.236. The predicted molar refractivity (Wildman–Crippen MR) is 91.3 cm³/mol. The first kappa shape index (κ1) is 18.1. The van der Waals surface area contributed by atoms with Crippen LogP contribution in [-0.2, 0) is 9.84 Å². The summed E-state index contributed by atoms with van der Waals surface area (Å²) in [5, 5.41) is 0. The normalized spacial score (nSPS) is 12.6. The van der Waals surface area contributed by atoms with Crippen molar-refractivity contribution < 1.29 is 8.42 Å². The van der Waals surface area contributed by atoms with Gasteiger partial charge in [-0.15, -0.1) is 0 Å². The molecule has 6 heteroatoms. The van der Waals surface area contributed by atoms with Gasteiger partial charge < -0.3 is 10.6 Å². The summed E-state index contributed by atoms with van der Waals surface area (Å²) in [6.45, 7) is 7.75. The Hall–Kier alpha value is -0.980. The first-order chi connectivity index (χ1) is 9.51. The Morgan fingerprint density at radius 3 is 2.19 bits per heavy atom. The maximum absolute atomic E-state index is 12.3. The molecule has 1 aromatic carbocycles. The third-order valence-corrected chi connectivity index (χ3v) is 4.93. The highest BCUT2D eigenvalue weighted by atomic mass is 32.2. The van der Waals surface area contributed by atoms with Gasteiger partial charge in [-0.05, 0) is 24.6 Å². The minimum Gasteiger partial charge on any atom is -0.389 e. The molecule has 0 fully saturated rings. The minimum absolute atomic E-state index is 0.103. The van der Waals surface area contributed by atoms with Crippen LogP contribution in [0.4, 0.5) is 0 Å². The Labute approximate surface area is 133 Å². The van der Waals surface area contributed by atoms with E-state index >= 15 is 0 Å². The van der Waals surface area contributed by atoms with E-state index in [1.54, 1.807) is 24.3 Å². The number of nitrogens with two attached hydrogens (primary N) is 1. The fourth-order valence-corrected chi connectivity index (χ4v) is 3.58. The van der Waals surface area contributed by atoms with Crippen LogP contribution in [0.1, 0.15) is 26.3 Å². The molecular formula is C15H24N2O2S2. The number of hydrogen-bond acceptors (Lipinski definition) is 4. The minimum atomic E-state index is -3.28. The van der Waals surface area contributed by atoms with Crippen molar-refractivity contribution in [1.82, 2.24) is 4.90 Å². The van der Waals surface area contributed by atoms with Gasteiger partial charge in [0.1, 0.15) is 4.99 Å². The Morgan fingerprint density at radius 2 is 1.76 bits per heavy atom. The average Bonchev–Trinajstić information content (AvgIpc) is 2.34. The maximum atomic E-state index is 12.3. The van der Waals surface area contributed by atoms with Crippen LogP contribution in [0.3, 0.4) is 0 Å². The first-order valence-corrected chi connectivity index (χ1v) is 8.88. The topological polar surface area (TPSA) is 63.4 Å². The van der Waals surface area contributed by atoms with Gasteiger partial charge in [0.2, 0.25) is 0 Å². The highest BCUT2D eigenvalue weighted by Gasteiger charge is 2.18. The van der Waals surface area contributed by atoms with Gasteiger partial charge in [0.05, 0.1) is 10.6 Å². The second kappa shape index (κ2) is 6.85. The van der Waals surface area contributed by atoms with Crippen molar-refractivity contribution in [3.8, 4) is 0 Å². The molecule has 0 unspecified atom stereocenters. The molecule has 4 nitrogen and oxygen atoms in total. The highest BCUT2D eigenvalue weighted by molar-refractivity contribution is 7.91. The van der Waals surface area contributed by atoms with Crippen molar-refractivity contribution in [1.29, 1.82) is 0 Å². The van der Waals surface area contributed by atoms with E-state index in [-0.39, 0.29) is 16.2 Å². The Morgan fingerprint density at radius 1 is 1.24 bits per heavy atom. The number of thiocarbonyl (C=S) groups is 1. The van der Waals surface area contributed by atoms with Crippen LogP contribution >= 0.6 is 12.2 Å². The monoisotopic (exact) mass is 328 g/mol. The molecule has 2 N–H and O–H groups in total. The quantitative estimate of drug-likeness (QED) is 0.810. The van der Waals surface area contributed by atoms with Crippen molar-refractivity contribution in [2.24, 2.45) is 11.1 Å². The zero-order valence-electron chi connectivity index (χ0n) is 13.1. The van der Waals surface area contributed by atoms with Crippen molar-refractivity contribution in [3.05, 3.63) is 29.8 Å². The van der Waals surface area contributed by atoms with E-state index in [1.807, 2.05) is 11.9 Å². The fraction of sp³-hybridized carbons (Fsp3) is 0.533. The summed E-state index contributed by atoms with van der Waals surface area (Å²) < 4.78 is 24.6. The standard InChI is InChI=1S/C15H24N2O2S2/c1-15(2,3)11-17(4)9-10-21(18,19)13-7-5-12(6-8-13)14(16)20/h5-8H,9-11H2,1-4H3,(H2,16,20). The van der Waals surface area contributed by atoms with E-state index in [4.69, 9.17) is 18.0 Å². The summed E-state index contributed by atoms with van der Waals surface area (Å²) in [7, 11) is -1.34. The Bertz CT molecular complexity index is 587. The SMILES string of the molecule is CN(CCS(=O)(=O)c1ccc(C(N)=S)cc1)CC(C)(C)C. The smallest absolute Gasteiger partial charge is 0.179 e. The zero-order chi connectivity index (χ0) is 16.3. The third-order valence-electron chi connectivity index (χ3n) is 2.98.